The molecule has 0 aliphatic heterocycles. The Morgan fingerprint density at radius 2 is 1.68 bits per heavy atom. The highest BCUT2D eigenvalue weighted by Crippen LogP contribution is 2.36. The first-order valence-electron chi connectivity index (χ1n) is 9.82. The van der Waals surface area contributed by atoms with Crippen LogP contribution in [0.5, 0.6) is 0 Å². The number of halogens is 6. The number of nitriles is 1. The van der Waals surface area contributed by atoms with Crippen molar-refractivity contribution in [1.29, 1.82) is 5.26 Å². The van der Waals surface area contributed by atoms with Gasteiger partial charge in [-0.2, -0.15) is 41.3 Å². The van der Waals surface area contributed by atoms with Crippen LogP contribution in [0.25, 0.3) is 5.82 Å². The van der Waals surface area contributed by atoms with E-state index in [-0.39, 0.29) is 18.2 Å². The summed E-state index contributed by atoms with van der Waals surface area (Å²) in [5.74, 6) is 0.971. The summed E-state index contributed by atoms with van der Waals surface area (Å²) in [6, 6.07) is 5.82. The van der Waals surface area contributed by atoms with Gasteiger partial charge in [0, 0.05) is 26.8 Å². The lowest BCUT2D eigenvalue weighted by Gasteiger charge is -2.17. The van der Waals surface area contributed by atoms with E-state index in [0.29, 0.717) is 35.3 Å². The van der Waals surface area contributed by atoms with Gasteiger partial charge in [0.15, 0.2) is 11.6 Å². The number of anilines is 1. The van der Waals surface area contributed by atoms with Crippen LogP contribution in [0.1, 0.15) is 41.0 Å². The third kappa shape index (κ3) is 5.63. The van der Waals surface area contributed by atoms with Gasteiger partial charge in [-0.1, -0.05) is 0 Å². The molecule has 0 amide bonds. The SMILES string of the molecule is CC(NCc1cc(C(F)(F)F)cc(C(F)(F)F)c1)c1nc(N(C)C)nn1-c1ccc(C#N)cn1. The maximum Gasteiger partial charge on any atom is 0.416 e. The van der Waals surface area contributed by atoms with Crippen molar-refractivity contribution < 1.29 is 26.3 Å². The van der Waals surface area contributed by atoms with E-state index in [1.54, 1.807) is 32.0 Å². The summed E-state index contributed by atoms with van der Waals surface area (Å²) in [5, 5.41) is 16.2. The van der Waals surface area contributed by atoms with Crippen LogP contribution in [0.4, 0.5) is 32.3 Å². The van der Waals surface area contributed by atoms with E-state index < -0.39 is 29.5 Å². The van der Waals surface area contributed by atoms with E-state index in [9.17, 15) is 26.3 Å². The van der Waals surface area contributed by atoms with Crippen LogP contribution in [-0.4, -0.2) is 33.8 Å². The van der Waals surface area contributed by atoms with Crippen molar-refractivity contribution in [3.8, 4) is 11.9 Å². The molecule has 0 saturated carbocycles. The predicted octanol–water partition coefficient (Wildman–Crippen LogP) is 4.49. The third-order valence-corrected chi connectivity index (χ3v) is 4.76. The minimum Gasteiger partial charge on any atom is -0.346 e. The second kappa shape index (κ2) is 9.30. The lowest BCUT2D eigenvalue weighted by Crippen LogP contribution is -2.23. The first-order chi connectivity index (χ1) is 15.8. The summed E-state index contributed by atoms with van der Waals surface area (Å²) < 4.78 is 80.2. The monoisotopic (exact) mass is 483 g/mol. The Balaban J connectivity index is 1.91. The molecule has 7 nitrogen and oxygen atoms in total. The summed E-state index contributed by atoms with van der Waals surface area (Å²) in [5.41, 5.74) is -2.63. The van der Waals surface area contributed by atoms with E-state index in [2.05, 4.69) is 20.4 Å². The van der Waals surface area contributed by atoms with Crippen LogP contribution >= 0.6 is 0 Å². The fourth-order valence-corrected chi connectivity index (χ4v) is 3.01. The molecule has 0 aliphatic rings. The fraction of sp³-hybridized carbons (Fsp3) is 0.333. The molecule has 2 aromatic heterocycles. The number of aromatic nitrogens is 4. The molecule has 0 bridgehead atoms. The molecule has 3 rings (SSSR count). The largest absolute Gasteiger partial charge is 0.416 e. The summed E-state index contributed by atoms with van der Waals surface area (Å²) in [4.78, 5) is 10.2. The minimum atomic E-state index is -4.93. The van der Waals surface area contributed by atoms with Crippen LogP contribution < -0.4 is 10.2 Å². The van der Waals surface area contributed by atoms with Gasteiger partial charge in [-0.25, -0.2) is 4.98 Å². The van der Waals surface area contributed by atoms with E-state index in [4.69, 9.17) is 5.26 Å². The number of rotatable bonds is 6. The van der Waals surface area contributed by atoms with Crippen molar-refractivity contribution in [3.05, 3.63) is 64.6 Å². The van der Waals surface area contributed by atoms with Crippen molar-refractivity contribution in [2.75, 3.05) is 19.0 Å². The van der Waals surface area contributed by atoms with Gasteiger partial charge in [-0.15, -0.1) is 5.10 Å². The van der Waals surface area contributed by atoms with Gasteiger partial charge in [-0.3, -0.25) is 0 Å². The highest BCUT2D eigenvalue weighted by molar-refractivity contribution is 5.36. The molecule has 1 atom stereocenters. The molecule has 2 heterocycles. The van der Waals surface area contributed by atoms with Crippen molar-refractivity contribution in [2.45, 2.75) is 31.9 Å². The van der Waals surface area contributed by atoms with E-state index >= 15 is 0 Å². The third-order valence-electron chi connectivity index (χ3n) is 4.76. The number of nitrogens with one attached hydrogen (secondary N) is 1. The number of alkyl halides is 6. The summed E-state index contributed by atoms with van der Waals surface area (Å²) in [6.45, 7) is 1.35. The molecular weight excluding hydrogens is 464 g/mol. The molecule has 3 aromatic rings. The molecule has 1 aromatic carbocycles. The molecule has 0 fully saturated rings. The number of nitrogens with zero attached hydrogens (tertiary/aromatic N) is 6. The zero-order chi connectivity index (χ0) is 25.3. The Kier molecular flexibility index (Phi) is 6.83. The quantitative estimate of drug-likeness (QED) is 0.521. The van der Waals surface area contributed by atoms with Crippen LogP contribution in [0.3, 0.4) is 0 Å². The Labute approximate surface area is 190 Å². The molecule has 0 aliphatic carbocycles. The second-order valence-electron chi connectivity index (χ2n) is 7.61. The molecule has 0 spiro atoms. The Morgan fingerprint density at radius 1 is 1.06 bits per heavy atom. The van der Waals surface area contributed by atoms with Gasteiger partial charge >= 0.3 is 12.4 Å². The fourth-order valence-electron chi connectivity index (χ4n) is 3.01. The van der Waals surface area contributed by atoms with Gasteiger partial charge in [0.25, 0.3) is 0 Å². The average Bonchev–Trinajstić information content (AvgIpc) is 3.22. The molecule has 0 radical (unpaired) electrons. The number of hydrogen-bond donors (Lipinski definition) is 1. The zero-order valence-electron chi connectivity index (χ0n) is 18.2. The molecule has 1 N–H and O–H groups in total. The first kappa shape index (κ1) is 25.0. The molecule has 180 valence electrons. The predicted molar refractivity (Wildman–Crippen MR) is 110 cm³/mol. The average molecular weight is 483 g/mol. The lowest BCUT2D eigenvalue weighted by atomic mass is 10.0. The summed E-state index contributed by atoms with van der Waals surface area (Å²) in [6.07, 6.45) is -8.51. The van der Waals surface area contributed by atoms with Crippen molar-refractivity contribution in [2.24, 2.45) is 0 Å². The van der Waals surface area contributed by atoms with Crippen molar-refractivity contribution in [3.63, 3.8) is 0 Å². The number of hydrogen-bond acceptors (Lipinski definition) is 6. The van der Waals surface area contributed by atoms with Gasteiger partial charge in [0.05, 0.1) is 22.7 Å². The zero-order valence-corrected chi connectivity index (χ0v) is 18.2. The molecule has 0 saturated heterocycles. The van der Waals surface area contributed by atoms with E-state index in [1.807, 2.05) is 6.07 Å². The van der Waals surface area contributed by atoms with Crippen molar-refractivity contribution in [1.82, 2.24) is 25.1 Å². The Hall–Kier alpha value is -3.66. The second-order valence-corrected chi connectivity index (χ2v) is 7.61. The van der Waals surface area contributed by atoms with Gasteiger partial charge in [-0.05, 0) is 42.8 Å². The highest BCUT2D eigenvalue weighted by atomic mass is 19.4. The van der Waals surface area contributed by atoms with Gasteiger partial charge < -0.3 is 10.2 Å². The molecular formula is C21H19F6N7. The Morgan fingerprint density at radius 3 is 2.15 bits per heavy atom. The number of pyridine rings is 1. The van der Waals surface area contributed by atoms with Crippen LogP contribution in [0.15, 0.2) is 36.5 Å². The highest BCUT2D eigenvalue weighted by Gasteiger charge is 2.36. The summed E-state index contributed by atoms with van der Waals surface area (Å²) in [7, 11) is 3.41. The summed E-state index contributed by atoms with van der Waals surface area (Å²) >= 11 is 0. The first-order valence-corrected chi connectivity index (χ1v) is 9.82. The number of benzene rings is 1. The molecule has 1 unspecified atom stereocenters. The molecule has 34 heavy (non-hydrogen) atoms. The van der Waals surface area contributed by atoms with Gasteiger partial charge in [0.1, 0.15) is 6.07 Å². The molecule has 13 heteroatoms. The normalized spacial score (nSPS) is 12.9. The Bertz CT molecular complexity index is 1160. The van der Waals surface area contributed by atoms with E-state index in [1.165, 1.54) is 16.9 Å². The maximum atomic E-state index is 13.1. The minimum absolute atomic E-state index is 0.0868. The maximum absolute atomic E-state index is 13.1. The van der Waals surface area contributed by atoms with Crippen LogP contribution in [0, 0.1) is 11.3 Å². The van der Waals surface area contributed by atoms with Crippen molar-refractivity contribution >= 4 is 5.95 Å². The van der Waals surface area contributed by atoms with Crippen LogP contribution in [0.2, 0.25) is 0 Å². The standard InChI is InChI=1S/C21H19F6N7/c1-12(29-11-14-6-15(20(22,23)24)8-16(7-14)21(25,26)27)18-31-19(33(2)3)32-34(18)17-5-4-13(9-28)10-30-17/h4-8,10,12,29H,11H2,1-3H3. The van der Waals surface area contributed by atoms with E-state index in [0.717, 1.165) is 0 Å². The van der Waals surface area contributed by atoms with Crippen LogP contribution in [-0.2, 0) is 18.9 Å². The van der Waals surface area contributed by atoms with Gasteiger partial charge in [0.2, 0.25) is 5.95 Å². The topological polar surface area (TPSA) is 82.7 Å². The smallest absolute Gasteiger partial charge is 0.346 e. The lowest BCUT2D eigenvalue weighted by molar-refractivity contribution is -0.143.